The molecule has 0 spiro atoms. The van der Waals surface area contributed by atoms with Crippen LogP contribution < -0.4 is 5.32 Å². The van der Waals surface area contributed by atoms with Gasteiger partial charge in [0.15, 0.2) is 0 Å². The van der Waals surface area contributed by atoms with Crippen molar-refractivity contribution in [1.82, 2.24) is 19.8 Å². The molecule has 1 saturated heterocycles. The molecule has 5 nitrogen and oxygen atoms in total. The van der Waals surface area contributed by atoms with Gasteiger partial charge in [-0.3, -0.25) is 4.79 Å². The second kappa shape index (κ2) is 5.31. The quantitative estimate of drug-likeness (QED) is 0.811. The number of hydrogen-bond donors (Lipinski definition) is 1. The Kier molecular flexibility index (Phi) is 3.78. The van der Waals surface area contributed by atoms with Crippen LogP contribution in [0.1, 0.15) is 25.6 Å². The Hall–Kier alpha value is -1.36. The van der Waals surface area contributed by atoms with E-state index in [1.54, 1.807) is 6.20 Å². The molecule has 1 amide bonds. The Morgan fingerprint density at radius 1 is 1.59 bits per heavy atom. The second-order valence-electron chi connectivity index (χ2n) is 4.51. The van der Waals surface area contributed by atoms with Crippen molar-refractivity contribution in [3.8, 4) is 0 Å². The third-order valence-electron chi connectivity index (χ3n) is 3.19. The Morgan fingerprint density at radius 3 is 3.06 bits per heavy atom. The molecule has 1 aromatic heterocycles. The van der Waals surface area contributed by atoms with Crippen LogP contribution in [0.4, 0.5) is 0 Å². The van der Waals surface area contributed by atoms with Crippen molar-refractivity contribution >= 4 is 5.91 Å². The van der Waals surface area contributed by atoms with Gasteiger partial charge in [0.1, 0.15) is 5.82 Å². The molecule has 1 fully saturated rings. The first-order valence-corrected chi connectivity index (χ1v) is 6.20. The second-order valence-corrected chi connectivity index (χ2v) is 4.51. The number of nitrogens with one attached hydrogen (secondary N) is 1. The van der Waals surface area contributed by atoms with Crippen molar-refractivity contribution in [2.75, 3.05) is 13.1 Å². The van der Waals surface area contributed by atoms with Crippen LogP contribution in [0, 0.1) is 0 Å². The summed E-state index contributed by atoms with van der Waals surface area (Å²) >= 11 is 0. The summed E-state index contributed by atoms with van der Waals surface area (Å²) in [6.07, 6.45) is 5.64. The van der Waals surface area contributed by atoms with E-state index in [1.807, 2.05) is 22.7 Å². The number of aryl methyl sites for hydroxylation is 1. The summed E-state index contributed by atoms with van der Waals surface area (Å²) in [5.41, 5.74) is 0. The molecule has 0 saturated carbocycles. The molecule has 1 atom stereocenters. The lowest BCUT2D eigenvalue weighted by Crippen LogP contribution is -2.38. The zero-order valence-corrected chi connectivity index (χ0v) is 10.5. The fourth-order valence-electron chi connectivity index (χ4n) is 2.12. The highest BCUT2D eigenvalue weighted by molar-refractivity contribution is 5.83. The van der Waals surface area contributed by atoms with Crippen molar-refractivity contribution in [3.05, 3.63) is 18.2 Å². The van der Waals surface area contributed by atoms with Gasteiger partial charge in [0.25, 0.3) is 0 Å². The van der Waals surface area contributed by atoms with E-state index in [4.69, 9.17) is 0 Å². The van der Waals surface area contributed by atoms with Crippen molar-refractivity contribution in [2.24, 2.45) is 7.05 Å². The van der Waals surface area contributed by atoms with Gasteiger partial charge in [-0.15, -0.1) is 0 Å². The Morgan fingerprint density at radius 2 is 2.41 bits per heavy atom. The van der Waals surface area contributed by atoms with E-state index in [2.05, 4.69) is 17.2 Å². The third kappa shape index (κ3) is 2.66. The van der Waals surface area contributed by atoms with E-state index < -0.39 is 0 Å². The van der Waals surface area contributed by atoms with Crippen LogP contribution in [0.15, 0.2) is 12.4 Å². The Labute approximate surface area is 102 Å². The molecule has 17 heavy (non-hydrogen) atoms. The molecule has 0 radical (unpaired) electrons. The van der Waals surface area contributed by atoms with E-state index in [1.165, 1.54) is 0 Å². The van der Waals surface area contributed by atoms with Gasteiger partial charge in [-0.25, -0.2) is 4.98 Å². The van der Waals surface area contributed by atoms with E-state index in [0.29, 0.717) is 6.54 Å². The molecule has 2 heterocycles. The first kappa shape index (κ1) is 12.1. The van der Waals surface area contributed by atoms with Crippen molar-refractivity contribution in [2.45, 2.75) is 32.4 Å². The van der Waals surface area contributed by atoms with E-state index in [-0.39, 0.29) is 11.9 Å². The van der Waals surface area contributed by atoms with Crippen LogP contribution in [0.25, 0.3) is 0 Å². The number of likely N-dealkylation sites (tertiary alicyclic amines) is 1. The molecule has 1 N–H and O–H groups in total. The first-order valence-electron chi connectivity index (χ1n) is 6.20. The molecular formula is C12H20N4O. The van der Waals surface area contributed by atoms with E-state index in [9.17, 15) is 4.79 Å². The molecule has 94 valence electrons. The average Bonchev–Trinajstić information content (AvgIpc) is 2.86. The highest BCUT2D eigenvalue weighted by atomic mass is 16.2. The standard InChI is InChI=1S/C12H20N4O/c1-3-5-13-10-4-7-16(12(10)17)9-11-14-6-8-15(11)2/h6,8,10,13H,3-5,7,9H2,1-2H3. The number of carbonyl (C=O) groups excluding carboxylic acids is 1. The van der Waals surface area contributed by atoms with E-state index >= 15 is 0 Å². The maximum absolute atomic E-state index is 12.1. The SMILES string of the molecule is CCCNC1CCN(Cc2nccn2C)C1=O. The van der Waals surface area contributed by atoms with Crippen molar-refractivity contribution in [1.29, 1.82) is 0 Å². The summed E-state index contributed by atoms with van der Waals surface area (Å²) in [5.74, 6) is 1.15. The van der Waals surface area contributed by atoms with Crippen molar-refractivity contribution in [3.63, 3.8) is 0 Å². The summed E-state index contributed by atoms with van der Waals surface area (Å²) in [5, 5.41) is 3.29. The fourth-order valence-corrected chi connectivity index (χ4v) is 2.12. The molecule has 0 bridgehead atoms. The summed E-state index contributed by atoms with van der Waals surface area (Å²) in [7, 11) is 1.95. The van der Waals surface area contributed by atoms with Gasteiger partial charge in [-0.05, 0) is 19.4 Å². The van der Waals surface area contributed by atoms with Crippen LogP contribution in [-0.4, -0.2) is 39.5 Å². The highest BCUT2D eigenvalue weighted by Crippen LogP contribution is 2.14. The molecule has 0 aliphatic carbocycles. The van der Waals surface area contributed by atoms with E-state index in [0.717, 1.165) is 31.8 Å². The number of nitrogens with zero attached hydrogens (tertiary/aromatic N) is 3. The molecule has 0 aromatic carbocycles. The van der Waals surface area contributed by atoms with Gasteiger partial charge in [0.05, 0.1) is 12.6 Å². The molecular weight excluding hydrogens is 216 g/mol. The predicted molar refractivity (Wildman–Crippen MR) is 65.3 cm³/mol. The van der Waals surface area contributed by atoms with Crippen LogP contribution >= 0.6 is 0 Å². The van der Waals surface area contributed by atoms with Crippen LogP contribution in [0.2, 0.25) is 0 Å². The number of rotatable bonds is 5. The first-order chi connectivity index (χ1) is 8.22. The van der Waals surface area contributed by atoms with Crippen LogP contribution in [0.3, 0.4) is 0 Å². The third-order valence-corrected chi connectivity index (χ3v) is 3.19. The average molecular weight is 236 g/mol. The van der Waals surface area contributed by atoms with Gasteiger partial charge >= 0.3 is 0 Å². The van der Waals surface area contributed by atoms with Gasteiger partial charge in [0.2, 0.25) is 5.91 Å². The lowest BCUT2D eigenvalue weighted by Gasteiger charge is -2.16. The molecule has 1 aliphatic rings. The molecule has 1 aliphatic heterocycles. The largest absolute Gasteiger partial charge is 0.337 e. The summed E-state index contributed by atoms with van der Waals surface area (Å²) < 4.78 is 1.96. The molecule has 1 unspecified atom stereocenters. The lowest BCUT2D eigenvalue weighted by atomic mass is 10.2. The summed E-state index contributed by atoms with van der Waals surface area (Å²) in [6, 6.07) is 0.00946. The molecule has 1 aromatic rings. The summed E-state index contributed by atoms with van der Waals surface area (Å²) in [6.45, 7) is 4.46. The highest BCUT2D eigenvalue weighted by Gasteiger charge is 2.31. The molecule has 5 heteroatoms. The minimum Gasteiger partial charge on any atom is -0.337 e. The maximum Gasteiger partial charge on any atom is 0.240 e. The normalized spacial score (nSPS) is 20.2. The van der Waals surface area contributed by atoms with Gasteiger partial charge in [-0.1, -0.05) is 6.92 Å². The monoisotopic (exact) mass is 236 g/mol. The number of imidazole rings is 1. The minimum atomic E-state index is 0.00946. The fraction of sp³-hybridized carbons (Fsp3) is 0.667. The Bertz CT molecular complexity index is 388. The van der Waals surface area contributed by atoms with Crippen LogP contribution in [0.5, 0.6) is 0 Å². The number of carbonyl (C=O) groups is 1. The Balaban J connectivity index is 1.92. The minimum absolute atomic E-state index is 0.00946. The maximum atomic E-state index is 12.1. The van der Waals surface area contributed by atoms with Crippen LogP contribution in [-0.2, 0) is 18.4 Å². The summed E-state index contributed by atoms with van der Waals surface area (Å²) in [4.78, 5) is 18.2. The predicted octanol–water partition coefficient (Wildman–Crippen LogP) is 0.521. The van der Waals surface area contributed by atoms with Gasteiger partial charge in [0, 0.05) is 26.0 Å². The zero-order chi connectivity index (χ0) is 12.3. The number of aromatic nitrogens is 2. The smallest absolute Gasteiger partial charge is 0.240 e. The lowest BCUT2D eigenvalue weighted by molar-refractivity contribution is -0.130. The zero-order valence-electron chi connectivity index (χ0n) is 10.5. The number of amides is 1. The number of hydrogen-bond acceptors (Lipinski definition) is 3. The topological polar surface area (TPSA) is 50.2 Å². The van der Waals surface area contributed by atoms with Gasteiger partial charge in [-0.2, -0.15) is 0 Å². The molecule has 2 rings (SSSR count). The van der Waals surface area contributed by atoms with Gasteiger partial charge < -0.3 is 14.8 Å². The van der Waals surface area contributed by atoms with Crippen molar-refractivity contribution < 1.29 is 4.79 Å².